The van der Waals surface area contributed by atoms with Gasteiger partial charge in [-0.3, -0.25) is 9.59 Å². The number of hydrogen-bond donors (Lipinski definition) is 0. The van der Waals surface area contributed by atoms with Crippen molar-refractivity contribution in [1.29, 1.82) is 0 Å². The number of rotatable bonds is 3. The van der Waals surface area contributed by atoms with Crippen LogP contribution in [-0.2, 0) is 6.18 Å². The second-order valence-corrected chi connectivity index (χ2v) is 8.16. The van der Waals surface area contributed by atoms with Crippen LogP contribution >= 0.6 is 11.6 Å². The Morgan fingerprint density at radius 3 is 2.12 bits per heavy atom. The molecule has 0 saturated carbocycles. The highest BCUT2D eigenvalue weighted by Gasteiger charge is 2.33. The fraction of sp³-hybridized carbons (Fsp3) is 0.261. The number of aryl methyl sites for hydroxylation is 1. The predicted octanol–water partition coefficient (Wildman–Crippen LogP) is 4.59. The zero-order chi connectivity index (χ0) is 24.6. The van der Waals surface area contributed by atoms with Gasteiger partial charge in [-0.2, -0.15) is 18.3 Å². The molecule has 0 radical (unpaired) electrons. The van der Waals surface area contributed by atoms with E-state index in [0.29, 0.717) is 11.4 Å². The van der Waals surface area contributed by atoms with E-state index in [1.54, 1.807) is 6.92 Å². The van der Waals surface area contributed by atoms with E-state index in [1.165, 1.54) is 50.9 Å². The first-order chi connectivity index (χ1) is 16.1. The van der Waals surface area contributed by atoms with Gasteiger partial charge in [0.15, 0.2) is 0 Å². The van der Waals surface area contributed by atoms with Crippen LogP contribution in [-0.4, -0.2) is 57.6 Å². The Bertz CT molecular complexity index is 1230. The zero-order valence-electron chi connectivity index (χ0n) is 17.9. The quantitative estimate of drug-likeness (QED) is 0.500. The minimum atomic E-state index is -4.54. The van der Waals surface area contributed by atoms with Gasteiger partial charge in [-0.1, -0.05) is 17.7 Å². The molecule has 2 heterocycles. The first-order valence-electron chi connectivity index (χ1n) is 10.3. The van der Waals surface area contributed by atoms with Crippen molar-refractivity contribution in [2.45, 2.75) is 13.1 Å². The lowest BCUT2D eigenvalue weighted by molar-refractivity contribution is -0.137. The molecule has 1 aliphatic rings. The third-order valence-electron chi connectivity index (χ3n) is 5.58. The maximum absolute atomic E-state index is 13.2. The van der Waals surface area contributed by atoms with Crippen LogP contribution in [0, 0.1) is 12.7 Å². The normalized spacial score (nSPS) is 14.4. The van der Waals surface area contributed by atoms with E-state index in [4.69, 9.17) is 11.6 Å². The van der Waals surface area contributed by atoms with Gasteiger partial charge in [-0.15, -0.1) is 0 Å². The van der Waals surface area contributed by atoms with Crippen LogP contribution in [0.4, 0.5) is 17.6 Å². The Hall–Kier alpha value is -3.40. The summed E-state index contributed by atoms with van der Waals surface area (Å²) in [5.74, 6) is -1.32. The average Bonchev–Trinajstić information content (AvgIpc) is 3.12. The third-order valence-corrected chi connectivity index (χ3v) is 5.93. The van der Waals surface area contributed by atoms with Gasteiger partial charge >= 0.3 is 6.18 Å². The van der Waals surface area contributed by atoms with Crippen molar-refractivity contribution < 1.29 is 27.2 Å². The molecule has 0 aliphatic carbocycles. The van der Waals surface area contributed by atoms with Crippen LogP contribution in [0.2, 0.25) is 5.15 Å². The van der Waals surface area contributed by atoms with Crippen LogP contribution in [0.25, 0.3) is 5.69 Å². The molecule has 34 heavy (non-hydrogen) atoms. The highest BCUT2D eigenvalue weighted by Crippen LogP contribution is 2.30. The molecule has 4 rings (SSSR count). The molecule has 3 aromatic rings. The molecule has 6 nitrogen and oxygen atoms in total. The number of carbonyl (C=O) groups is 2. The lowest BCUT2D eigenvalue weighted by Gasteiger charge is -2.35. The summed E-state index contributed by atoms with van der Waals surface area (Å²) in [6, 6.07) is 9.75. The van der Waals surface area contributed by atoms with Crippen molar-refractivity contribution in [1.82, 2.24) is 19.6 Å². The molecular weight excluding hydrogens is 476 g/mol. The molecule has 2 amide bonds. The number of carbonyl (C=O) groups excluding carboxylic acids is 2. The van der Waals surface area contributed by atoms with Crippen molar-refractivity contribution >= 4 is 23.4 Å². The standard InChI is InChI=1S/C23H19ClF4N4O2/c1-14-19(20(24)32(29-14)18-7-5-17(25)6-8-18)22(34)31-11-9-30(10-12-31)21(33)15-3-2-4-16(13-15)23(26,27)28/h2-8,13H,9-12H2,1H3. The van der Waals surface area contributed by atoms with Gasteiger partial charge in [0.05, 0.1) is 22.5 Å². The number of amides is 2. The fourth-order valence-corrected chi connectivity index (χ4v) is 4.13. The van der Waals surface area contributed by atoms with Crippen LogP contribution < -0.4 is 0 Å². The molecule has 1 aromatic heterocycles. The summed E-state index contributed by atoms with van der Waals surface area (Å²) in [6.45, 7) is 2.31. The molecule has 1 fully saturated rings. The number of aromatic nitrogens is 2. The number of alkyl halides is 3. The lowest BCUT2D eigenvalue weighted by Crippen LogP contribution is -2.50. The van der Waals surface area contributed by atoms with Gasteiger partial charge in [-0.25, -0.2) is 9.07 Å². The summed E-state index contributed by atoms with van der Waals surface area (Å²) in [7, 11) is 0. The van der Waals surface area contributed by atoms with Crippen LogP contribution in [0.1, 0.15) is 32.0 Å². The molecule has 0 bridgehead atoms. The van der Waals surface area contributed by atoms with Gasteiger partial charge in [0.1, 0.15) is 11.0 Å². The van der Waals surface area contributed by atoms with Crippen LogP contribution in [0.5, 0.6) is 0 Å². The van der Waals surface area contributed by atoms with Crippen molar-refractivity contribution in [3.05, 3.63) is 81.9 Å². The summed E-state index contributed by atoms with van der Waals surface area (Å²) < 4.78 is 53.5. The maximum Gasteiger partial charge on any atom is 0.416 e. The van der Waals surface area contributed by atoms with Crippen molar-refractivity contribution in [3.63, 3.8) is 0 Å². The van der Waals surface area contributed by atoms with Gasteiger partial charge < -0.3 is 9.80 Å². The van der Waals surface area contributed by atoms with E-state index in [-0.39, 0.29) is 48.4 Å². The average molecular weight is 495 g/mol. The molecule has 0 spiro atoms. The first-order valence-corrected chi connectivity index (χ1v) is 10.7. The smallest absolute Gasteiger partial charge is 0.335 e. The van der Waals surface area contributed by atoms with Crippen LogP contribution in [0.15, 0.2) is 48.5 Å². The van der Waals surface area contributed by atoms with Crippen molar-refractivity contribution in [2.75, 3.05) is 26.2 Å². The molecule has 178 valence electrons. The number of hydrogen-bond acceptors (Lipinski definition) is 3. The monoisotopic (exact) mass is 494 g/mol. The summed E-state index contributed by atoms with van der Waals surface area (Å²) in [5.41, 5.74) is 0.125. The highest BCUT2D eigenvalue weighted by molar-refractivity contribution is 6.33. The SMILES string of the molecule is Cc1nn(-c2ccc(F)cc2)c(Cl)c1C(=O)N1CCN(C(=O)c2cccc(C(F)(F)F)c2)CC1. The number of halogens is 5. The Labute approximate surface area is 197 Å². The highest BCUT2D eigenvalue weighted by atomic mass is 35.5. The van der Waals surface area contributed by atoms with Crippen molar-refractivity contribution in [3.8, 4) is 5.69 Å². The number of piperazine rings is 1. The van der Waals surface area contributed by atoms with Gasteiger partial charge in [-0.05, 0) is 49.4 Å². The Morgan fingerprint density at radius 2 is 1.53 bits per heavy atom. The first kappa shape index (κ1) is 23.7. The van der Waals surface area contributed by atoms with E-state index in [1.807, 2.05) is 0 Å². The summed E-state index contributed by atoms with van der Waals surface area (Å²) in [5, 5.41) is 4.38. The molecule has 0 unspecified atom stereocenters. The zero-order valence-corrected chi connectivity index (χ0v) is 18.7. The Morgan fingerprint density at radius 1 is 0.941 bits per heavy atom. The Kier molecular flexibility index (Phi) is 6.35. The van der Waals surface area contributed by atoms with Gasteiger partial charge in [0.2, 0.25) is 0 Å². The summed E-state index contributed by atoms with van der Waals surface area (Å²) in [4.78, 5) is 28.8. The topological polar surface area (TPSA) is 58.4 Å². The van der Waals surface area contributed by atoms with Crippen molar-refractivity contribution in [2.24, 2.45) is 0 Å². The predicted molar refractivity (Wildman–Crippen MR) is 117 cm³/mol. The van der Waals surface area contributed by atoms with E-state index in [2.05, 4.69) is 5.10 Å². The van der Waals surface area contributed by atoms with Gasteiger partial charge in [0.25, 0.3) is 11.8 Å². The van der Waals surface area contributed by atoms with E-state index >= 15 is 0 Å². The molecule has 0 N–H and O–H groups in total. The Balaban J connectivity index is 1.46. The summed E-state index contributed by atoms with van der Waals surface area (Å²) >= 11 is 6.43. The number of benzene rings is 2. The largest absolute Gasteiger partial charge is 0.416 e. The molecule has 2 aromatic carbocycles. The fourth-order valence-electron chi connectivity index (χ4n) is 3.78. The van der Waals surface area contributed by atoms with Gasteiger partial charge in [0, 0.05) is 31.7 Å². The van der Waals surface area contributed by atoms with E-state index < -0.39 is 23.5 Å². The van der Waals surface area contributed by atoms with E-state index in [9.17, 15) is 27.2 Å². The minimum Gasteiger partial charge on any atom is -0.335 e. The minimum absolute atomic E-state index is 0.0611. The second-order valence-electron chi connectivity index (χ2n) is 7.80. The summed E-state index contributed by atoms with van der Waals surface area (Å²) in [6.07, 6.45) is -4.54. The molecule has 0 atom stereocenters. The number of nitrogens with zero attached hydrogens (tertiary/aromatic N) is 4. The second kappa shape index (κ2) is 9.09. The maximum atomic E-state index is 13.2. The lowest BCUT2D eigenvalue weighted by atomic mass is 10.1. The molecule has 11 heteroatoms. The van der Waals surface area contributed by atoms with E-state index in [0.717, 1.165) is 12.1 Å². The van der Waals surface area contributed by atoms with Crippen LogP contribution in [0.3, 0.4) is 0 Å². The molecule has 1 aliphatic heterocycles. The molecule has 1 saturated heterocycles. The third kappa shape index (κ3) is 4.63. The molecular formula is C23H19ClF4N4O2.